The Morgan fingerprint density at radius 1 is 1.23 bits per heavy atom. The molecule has 2 aromatic rings. The standard InChI is InChI=1S/C16H14FN3O2/c17-13-10-12(19-16(22)11-5-7-18-8-6-11)3-4-14(13)20-9-1-2-15(20)21/h3-8,10H,1-2,9H2,(H,19,22). The molecule has 1 N–H and O–H groups in total. The Kier molecular flexibility index (Phi) is 3.82. The van der Waals surface area contributed by atoms with Crippen LogP contribution in [-0.2, 0) is 4.79 Å². The number of nitrogens with zero attached hydrogens (tertiary/aromatic N) is 2. The second kappa shape index (κ2) is 5.93. The first kappa shape index (κ1) is 14.2. The molecule has 1 aromatic heterocycles. The fourth-order valence-electron chi connectivity index (χ4n) is 2.41. The molecule has 6 heteroatoms. The first-order valence-corrected chi connectivity index (χ1v) is 6.96. The number of rotatable bonds is 3. The molecule has 0 radical (unpaired) electrons. The highest BCUT2D eigenvalue weighted by Gasteiger charge is 2.24. The highest BCUT2D eigenvalue weighted by atomic mass is 19.1. The Balaban J connectivity index is 1.77. The summed E-state index contributed by atoms with van der Waals surface area (Å²) in [6, 6.07) is 7.47. The van der Waals surface area contributed by atoms with Gasteiger partial charge in [0, 0.05) is 36.6 Å². The minimum Gasteiger partial charge on any atom is -0.322 e. The van der Waals surface area contributed by atoms with E-state index in [9.17, 15) is 14.0 Å². The molecule has 1 aromatic carbocycles. The van der Waals surface area contributed by atoms with Gasteiger partial charge in [0.15, 0.2) is 0 Å². The van der Waals surface area contributed by atoms with Crippen molar-refractivity contribution >= 4 is 23.2 Å². The molecule has 2 amide bonds. The first-order valence-electron chi connectivity index (χ1n) is 6.96. The Labute approximate surface area is 126 Å². The number of carbonyl (C=O) groups excluding carboxylic acids is 2. The number of anilines is 2. The predicted octanol–water partition coefficient (Wildman–Crippen LogP) is 2.60. The van der Waals surface area contributed by atoms with Crippen molar-refractivity contribution in [2.75, 3.05) is 16.8 Å². The Morgan fingerprint density at radius 3 is 2.64 bits per heavy atom. The lowest BCUT2D eigenvalue weighted by atomic mass is 10.2. The van der Waals surface area contributed by atoms with Crippen LogP contribution < -0.4 is 10.2 Å². The quantitative estimate of drug-likeness (QED) is 0.947. The largest absolute Gasteiger partial charge is 0.322 e. The maximum atomic E-state index is 14.2. The molecule has 1 aliphatic heterocycles. The van der Waals surface area contributed by atoms with Crippen molar-refractivity contribution in [3.63, 3.8) is 0 Å². The molecular weight excluding hydrogens is 285 g/mol. The van der Waals surface area contributed by atoms with E-state index in [0.29, 0.717) is 24.2 Å². The molecule has 0 saturated carbocycles. The highest BCUT2D eigenvalue weighted by Crippen LogP contribution is 2.26. The van der Waals surface area contributed by atoms with Crippen LogP contribution in [0.1, 0.15) is 23.2 Å². The van der Waals surface area contributed by atoms with E-state index in [1.165, 1.54) is 29.4 Å². The van der Waals surface area contributed by atoms with Gasteiger partial charge in [-0.25, -0.2) is 4.39 Å². The minimum absolute atomic E-state index is 0.0764. The lowest BCUT2D eigenvalue weighted by Crippen LogP contribution is -2.24. The smallest absolute Gasteiger partial charge is 0.255 e. The summed E-state index contributed by atoms with van der Waals surface area (Å²) < 4.78 is 14.2. The Bertz CT molecular complexity index is 719. The average molecular weight is 299 g/mol. The lowest BCUT2D eigenvalue weighted by molar-refractivity contribution is -0.117. The fraction of sp³-hybridized carbons (Fsp3) is 0.188. The molecule has 0 aliphatic carbocycles. The van der Waals surface area contributed by atoms with E-state index in [4.69, 9.17) is 0 Å². The van der Waals surface area contributed by atoms with Crippen LogP contribution in [0.15, 0.2) is 42.7 Å². The van der Waals surface area contributed by atoms with Crippen LogP contribution in [0.2, 0.25) is 0 Å². The van der Waals surface area contributed by atoms with Crippen LogP contribution in [0.4, 0.5) is 15.8 Å². The average Bonchev–Trinajstić information content (AvgIpc) is 2.94. The number of amides is 2. The van der Waals surface area contributed by atoms with Crippen molar-refractivity contribution in [3.05, 3.63) is 54.1 Å². The van der Waals surface area contributed by atoms with Gasteiger partial charge in [-0.2, -0.15) is 0 Å². The van der Waals surface area contributed by atoms with Crippen LogP contribution in [-0.4, -0.2) is 23.3 Å². The third-order valence-corrected chi connectivity index (χ3v) is 3.51. The van der Waals surface area contributed by atoms with E-state index in [1.807, 2.05) is 0 Å². The summed E-state index contributed by atoms with van der Waals surface area (Å²) >= 11 is 0. The normalized spacial score (nSPS) is 14.2. The van der Waals surface area contributed by atoms with Gasteiger partial charge >= 0.3 is 0 Å². The second-order valence-corrected chi connectivity index (χ2v) is 5.01. The van der Waals surface area contributed by atoms with Gasteiger partial charge in [0.25, 0.3) is 5.91 Å². The fourth-order valence-corrected chi connectivity index (χ4v) is 2.41. The lowest BCUT2D eigenvalue weighted by Gasteiger charge is -2.17. The van der Waals surface area contributed by atoms with Crippen molar-refractivity contribution in [3.8, 4) is 0 Å². The topological polar surface area (TPSA) is 62.3 Å². The van der Waals surface area contributed by atoms with E-state index >= 15 is 0 Å². The molecule has 1 saturated heterocycles. The van der Waals surface area contributed by atoms with Gasteiger partial charge in [-0.3, -0.25) is 14.6 Å². The van der Waals surface area contributed by atoms with E-state index in [0.717, 1.165) is 6.42 Å². The number of halogens is 1. The molecule has 2 heterocycles. The van der Waals surface area contributed by atoms with Crippen LogP contribution >= 0.6 is 0 Å². The molecule has 1 fully saturated rings. The third-order valence-electron chi connectivity index (χ3n) is 3.51. The monoisotopic (exact) mass is 299 g/mol. The van der Waals surface area contributed by atoms with Gasteiger partial charge in [0.2, 0.25) is 5.91 Å². The summed E-state index contributed by atoms with van der Waals surface area (Å²) in [4.78, 5) is 28.9. The van der Waals surface area contributed by atoms with Crippen molar-refractivity contribution < 1.29 is 14.0 Å². The first-order chi connectivity index (χ1) is 10.6. The third kappa shape index (κ3) is 2.81. The maximum Gasteiger partial charge on any atom is 0.255 e. The van der Waals surface area contributed by atoms with Crippen LogP contribution in [0, 0.1) is 5.82 Å². The zero-order chi connectivity index (χ0) is 15.5. The molecule has 0 spiro atoms. The summed E-state index contributed by atoms with van der Waals surface area (Å²) in [7, 11) is 0. The van der Waals surface area contributed by atoms with E-state index in [2.05, 4.69) is 10.3 Å². The highest BCUT2D eigenvalue weighted by molar-refractivity contribution is 6.04. The van der Waals surface area contributed by atoms with Crippen molar-refractivity contribution in [2.45, 2.75) is 12.8 Å². The van der Waals surface area contributed by atoms with E-state index in [1.54, 1.807) is 18.2 Å². The maximum absolute atomic E-state index is 14.2. The Hall–Kier alpha value is -2.76. The summed E-state index contributed by atoms with van der Waals surface area (Å²) in [6.45, 7) is 0.526. The number of hydrogen-bond donors (Lipinski definition) is 1. The minimum atomic E-state index is -0.525. The molecule has 0 bridgehead atoms. The zero-order valence-corrected chi connectivity index (χ0v) is 11.8. The second-order valence-electron chi connectivity index (χ2n) is 5.01. The summed E-state index contributed by atoms with van der Waals surface area (Å²) in [5.74, 6) is -0.943. The van der Waals surface area contributed by atoms with Gasteiger partial charge < -0.3 is 10.2 Å². The molecule has 112 valence electrons. The number of benzene rings is 1. The van der Waals surface area contributed by atoms with Gasteiger partial charge in [-0.15, -0.1) is 0 Å². The number of nitrogens with one attached hydrogen (secondary N) is 1. The molecule has 0 unspecified atom stereocenters. The summed E-state index contributed by atoms with van der Waals surface area (Å²) in [5, 5.41) is 2.62. The van der Waals surface area contributed by atoms with Gasteiger partial charge in [-0.05, 0) is 36.8 Å². The van der Waals surface area contributed by atoms with Gasteiger partial charge in [0.1, 0.15) is 5.82 Å². The predicted molar refractivity (Wildman–Crippen MR) is 80.2 cm³/mol. The molecule has 3 rings (SSSR count). The zero-order valence-electron chi connectivity index (χ0n) is 11.8. The molecule has 22 heavy (non-hydrogen) atoms. The van der Waals surface area contributed by atoms with E-state index in [-0.39, 0.29) is 17.5 Å². The van der Waals surface area contributed by atoms with Crippen LogP contribution in [0.25, 0.3) is 0 Å². The van der Waals surface area contributed by atoms with Gasteiger partial charge in [-0.1, -0.05) is 0 Å². The van der Waals surface area contributed by atoms with Crippen molar-refractivity contribution in [1.29, 1.82) is 0 Å². The number of pyridine rings is 1. The summed E-state index contributed by atoms with van der Waals surface area (Å²) in [5.41, 5.74) is 1.04. The number of carbonyl (C=O) groups is 2. The molecule has 1 aliphatic rings. The van der Waals surface area contributed by atoms with E-state index < -0.39 is 5.82 Å². The molecular formula is C16H14FN3O2. The molecule has 0 atom stereocenters. The Morgan fingerprint density at radius 2 is 2.00 bits per heavy atom. The number of hydrogen-bond acceptors (Lipinski definition) is 3. The molecule has 5 nitrogen and oxygen atoms in total. The van der Waals surface area contributed by atoms with Gasteiger partial charge in [0.05, 0.1) is 5.69 Å². The van der Waals surface area contributed by atoms with Crippen LogP contribution in [0.5, 0.6) is 0 Å². The summed E-state index contributed by atoms with van der Waals surface area (Å²) in [6.07, 6.45) is 4.20. The van der Waals surface area contributed by atoms with Crippen molar-refractivity contribution in [1.82, 2.24) is 4.98 Å². The number of aromatic nitrogens is 1. The van der Waals surface area contributed by atoms with Crippen molar-refractivity contribution in [2.24, 2.45) is 0 Å². The van der Waals surface area contributed by atoms with Crippen LogP contribution in [0.3, 0.4) is 0 Å². The SMILES string of the molecule is O=C(Nc1ccc(N2CCCC2=O)c(F)c1)c1ccncc1.